The highest BCUT2D eigenvalue weighted by Gasteiger charge is 2.66. The van der Waals surface area contributed by atoms with Crippen LogP contribution < -0.4 is 35.2 Å². The number of ether oxygens (including phenoxy) is 10. The Balaban J connectivity index is 0.000000322. The number of anilines is 2. The van der Waals surface area contributed by atoms with Crippen LogP contribution in [0.4, 0.5) is 21.0 Å². The second-order valence-corrected chi connectivity index (χ2v) is 42.1. The number of nitrogens with one attached hydrogen (secondary N) is 3. The SMILES string of the molecule is CNC(=O)C(CCSSCCC(=O)N(C)[C@@H](C)C(=O)O[C@H]1CC(=O)N(C)c2cc(cc(OC)c2Cl)C/C(C)=C/C=C/[C@@H](OC)[C@@]2(O)C[C@H](OC(=O)N2)[C@@H](C)[C@@H]2O[C@@]12C)S(=O)(=O)O.COc1cc2cc(c1Cl)N(C)C(=O)C[C@H](OC(=O)[C@H](C)N(C)C(=O)CCSSCCC(C(=O)ON1C(=O)CCC1=O)S(=O)(=O)O)[C@]1(C)O[C@H]1[C@H](C)[C@@H]1C[C@@](O)(NC(=O)O1)[C@H](OC)/C=C/C=C(\C)C2. The third kappa shape index (κ3) is 27.0. The molecule has 47 heteroatoms. The van der Waals surface area contributed by atoms with Crippen molar-refractivity contribution < 1.29 is 146 Å². The smallest absolute Gasteiger partial charge is 0.409 e. The van der Waals surface area contributed by atoms with Crippen molar-refractivity contribution in [3.05, 3.63) is 93.0 Å². The number of allylic oxidation sites excluding steroid dienone is 6. The molecule has 39 nitrogen and oxygen atoms in total. The van der Waals surface area contributed by atoms with E-state index in [1.165, 1.54) is 114 Å². The van der Waals surface area contributed by atoms with Gasteiger partial charge in [0.25, 0.3) is 32.1 Å². The number of imide groups is 1. The fourth-order valence-electron chi connectivity index (χ4n) is 15.4. The zero-order valence-corrected chi connectivity index (χ0v) is 81.3. The van der Waals surface area contributed by atoms with E-state index in [0.29, 0.717) is 35.7 Å². The summed E-state index contributed by atoms with van der Waals surface area (Å²) in [6, 6.07) is 4.72. The molecule has 0 radical (unpaired) electrons. The van der Waals surface area contributed by atoms with Gasteiger partial charge >= 0.3 is 30.1 Å². The molecule has 5 fully saturated rings. The highest BCUT2D eigenvalue weighted by atomic mass is 35.5. The van der Waals surface area contributed by atoms with Gasteiger partial charge in [-0.1, -0.05) is 128 Å². The van der Waals surface area contributed by atoms with Crippen LogP contribution in [0.25, 0.3) is 0 Å². The molecule has 9 rings (SSSR count). The molecule has 7 N–H and O–H groups in total. The number of fused-ring (bicyclic) bond motifs is 10. The molecule has 7 heterocycles. The predicted octanol–water partition coefficient (Wildman–Crippen LogP) is 7.22. The van der Waals surface area contributed by atoms with Crippen LogP contribution in [-0.2, 0) is 124 Å². The summed E-state index contributed by atoms with van der Waals surface area (Å²) in [6.07, 6.45) is -0.551. The lowest BCUT2D eigenvalue weighted by molar-refractivity contribution is -0.197. The van der Waals surface area contributed by atoms with Crippen molar-refractivity contribution in [2.45, 2.75) is 227 Å². The number of hydrogen-bond donors (Lipinski definition) is 7. The van der Waals surface area contributed by atoms with Gasteiger partial charge in [-0.05, 0) is 103 Å². The van der Waals surface area contributed by atoms with Crippen LogP contribution in [0, 0.1) is 11.8 Å². The molecule has 0 spiro atoms. The van der Waals surface area contributed by atoms with E-state index < -0.39 is 210 Å². The molecule has 130 heavy (non-hydrogen) atoms. The Bertz CT molecular complexity index is 4920. The number of aliphatic hydroxyl groups is 2. The molecule has 0 aliphatic carbocycles. The Morgan fingerprint density at radius 1 is 0.592 bits per heavy atom. The predicted molar refractivity (Wildman–Crippen MR) is 482 cm³/mol. The number of likely N-dealkylation sites (N-methyl/N-ethyl adjacent to an activating group) is 2. The molecule has 18 atom stereocenters. The van der Waals surface area contributed by atoms with E-state index >= 15 is 0 Å². The van der Waals surface area contributed by atoms with E-state index in [9.17, 15) is 93.7 Å². The van der Waals surface area contributed by atoms with Crippen LogP contribution in [-0.4, -0.2) is 303 Å². The van der Waals surface area contributed by atoms with Crippen molar-refractivity contribution in [3.8, 4) is 11.5 Å². The Kier molecular flexibility index (Phi) is 37.8. The van der Waals surface area contributed by atoms with Crippen molar-refractivity contribution in [1.29, 1.82) is 0 Å². The van der Waals surface area contributed by atoms with Crippen molar-refractivity contribution in [2.24, 2.45) is 11.8 Å². The molecule has 2 unspecified atom stereocenters. The van der Waals surface area contributed by atoms with Crippen LogP contribution >= 0.6 is 66.4 Å². The van der Waals surface area contributed by atoms with Crippen LogP contribution in [0.1, 0.15) is 131 Å². The van der Waals surface area contributed by atoms with Gasteiger partial charge in [-0.3, -0.25) is 53.3 Å². The van der Waals surface area contributed by atoms with Gasteiger partial charge in [-0.2, -0.15) is 16.8 Å². The summed E-state index contributed by atoms with van der Waals surface area (Å²) in [6.45, 7) is 13.5. The first-order valence-electron chi connectivity index (χ1n) is 41.3. The quantitative estimate of drug-likeness (QED) is 0.00803. The van der Waals surface area contributed by atoms with Crippen molar-refractivity contribution in [2.75, 3.05) is 96.5 Å². The van der Waals surface area contributed by atoms with Gasteiger partial charge in [-0.15, -0.1) is 5.06 Å². The number of amides is 9. The minimum absolute atomic E-state index is 0.00425. The number of epoxide rings is 2. The van der Waals surface area contributed by atoms with E-state index in [4.69, 9.17) is 70.6 Å². The second-order valence-electron chi connectivity index (χ2n) is 32.8. The van der Waals surface area contributed by atoms with Gasteiger partial charge in [0, 0.05) is 123 Å². The number of hydrogen-bond acceptors (Lipinski definition) is 33. The first-order valence-corrected chi connectivity index (χ1v) is 50.0. The van der Waals surface area contributed by atoms with Gasteiger partial charge < -0.3 is 87.3 Å². The third-order valence-corrected chi connectivity index (χ3v) is 31.6. The van der Waals surface area contributed by atoms with Crippen LogP contribution in [0.15, 0.2) is 71.9 Å². The van der Waals surface area contributed by atoms with Crippen molar-refractivity contribution >= 4 is 169 Å². The van der Waals surface area contributed by atoms with Crippen LogP contribution in [0.3, 0.4) is 0 Å². The standard InChI is InChI=1S/C43H57ClN4O17S3.C40H57ClN4O14S3/c1-23-10-9-11-31(61-8)43(56)22-29(62-41(55)45-43)24(2)38-42(4,64-38)32(21-36(52)47(6)27-19-26(18-23)20-28(60-7)37(27)44)63-39(53)25(3)46(5)33(49)15-17-67-66-16-14-30(68(57,58)59)40(54)65-48-34(50)12-13-35(48)51;1-22-11-10-12-30(56-9)40(51)21-28(57-38(50)43-40)23(2)35-39(4,59-35)31(20-33(47)45(7)26-18-25(17-22)19-27(55-8)34(26)41)58-37(49)24(3)44(6)32(46)14-16-61-60-15-13-29(36(48)42-5)62(52,53)54/h9-11,19-20,24-25,29-32,38,56H,12-18,21-22H2,1-8H3,(H,45,55)(H,57,58,59);10-12,18-19,23-24,28-31,35,51H,13-17,20-21H2,1-9H3,(H,42,48)(H,43,50)(H,52,53,54)/b11-9+,23-10+;12-10+,22-11+/t24-,25+,29+,30?,31-,32+,38+,42+,43+;23-,24+,28+,29?,30-,31+,35+,39+,40+/m11/s1. The number of methoxy groups -OCH3 is 4. The maximum atomic E-state index is 14.3. The van der Waals surface area contributed by atoms with Crippen LogP contribution in [0.2, 0.25) is 10.0 Å². The summed E-state index contributed by atoms with van der Waals surface area (Å²) in [5.74, 6) is -7.49. The Morgan fingerprint density at radius 2 is 0.962 bits per heavy atom. The summed E-state index contributed by atoms with van der Waals surface area (Å²) >= 11 is 13.5. The zero-order chi connectivity index (χ0) is 96.8. The van der Waals surface area contributed by atoms with Gasteiger partial charge in [-0.25, -0.2) is 24.0 Å². The maximum Gasteiger partial charge on any atom is 0.409 e. The number of alkyl carbamates (subject to hydrolysis) is 2. The molecule has 7 aliphatic rings. The molecule has 0 saturated carbocycles. The number of rotatable bonds is 29. The van der Waals surface area contributed by atoms with Gasteiger partial charge in [0.1, 0.15) is 81.5 Å². The van der Waals surface area contributed by atoms with Gasteiger partial charge in [0.15, 0.2) is 21.9 Å². The Labute approximate surface area is 780 Å². The highest BCUT2D eigenvalue weighted by Crippen LogP contribution is 2.52. The van der Waals surface area contributed by atoms with Crippen molar-refractivity contribution in [1.82, 2.24) is 30.8 Å². The maximum absolute atomic E-state index is 14.3. The third-order valence-electron chi connectivity index (χ3n) is 23.6. The second kappa shape index (κ2) is 45.8. The molecule has 8 bridgehead atoms. The minimum atomic E-state index is -4.97. The fraction of sp³-hybridized carbons (Fsp3) is 0.614. The number of carbonyl (C=O) groups excluding carboxylic acids is 12. The monoisotopic (exact) mass is 1980 g/mol. The molecular formula is C83H114Cl2N8O31S6. The summed E-state index contributed by atoms with van der Waals surface area (Å²) in [7, 11) is 7.98. The van der Waals surface area contributed by atoms with E-state index in [2.05, 4.69) is 20.8 Å². The zero-order valence-electron chi connectivity index (χ0n) is 74.9. The van der Waals surface area contributed by atoms with Gasteiger partial charge in [0.05, 0.1) is 50.6 Å². The minimum Gasteiger partial charge on any atom is -0.495 e. The average molecular weight is 1980 g/mol. The van der Waals surface area contributed by atoms with E-state index in [0.717, 1.165) is 48.8 Å². The lowest BCUT2D eigenvalue weighted by atomic mass is 9.83. The van der Waals surface area contributed by atoms with E-state index in [1.54, 1.807) is 76.3 Å². The number of benzene rings is 2. The lowest BCUT2D eigenvalue weighted by Crippen LogP contribution is -2.63. The largest absolute Gasteiger partial charge is 0.495 e. The highest BCUT2D eigenvalue weighted by molar-refractivity contribution is 8.77. The molecule has 2 aromatic rings. The lowest BCUT2D eigenvalue weighted by Gasteiger charge is -2.42. The average Bonchev–Trinajstić information content (AvgIpc) is 1.57. The first kappa shape index (κ1) is 107. The summed E-state index contributed by atoms with van der Waals surface area (Å²) in [4.78, 5) is 166. The normalized spacial score (nSPS) is 28.9. The van der Waals surface area contributed by atoms with E-state index in [1.807, 2.05) is 26.0 Å². The van der Waals surface area contributed by atoms with E-state index in [-0.39, 0.29) is 89.5 Å². The number of halogens is 2. The molecule has 0 aromatic heterocycles. The van der Waals surface area contributed by atoms with Gasteiger partial charge in [0.2, 0.25) is 29.5 Å². The van der Waals surface area contributed by atoms with Crippen molar-refractivity contribution in [3.63, 3.8) is 0 Å². The molecule has 9 amide bonds. The Hall–Kier alpha value is -8.00. The van der Waals surface area contributed by atoms with Crippen LogP contribution in [0.5, 0.6) is 11.5 Å². The topological polar surface area (TPSA) is 514 Å². The summed E-state index contributed by atoms with van der Waals surface area (Å²) in [5.41, 5.74) is -2.45. The summed E-state index contributed by atoms with van der Waals surface area (Å²) < 4.78 is 124. The Morgan fingerprint density at radius 3 is 1.32 bits per heavy atom. The molecule has 2 aromatic carbocycles. The molecule has 7 aliphatic heterocycles. The first-order chi connectivity index (χ1) is 60.8. The number of esters is 2. The number of nitrogens with zero attached hydrogens (tertiary/aromatic N) is 5. The summed E-state index contributed by atoms with van der Waals surface area (Å²) in [5, 5.41) is 27.6. The fourth-order valence-corrected chi connectivity index (χ4v) is 21.9. The molecule has 722 valence electrons. The number of hydroxylamine groups is 2. The number of carbonyl (C=O) groups is 12. The molecule has 5 saturated heterocycles. The molecular weight excluding hydrogens is 1870 g/mol.